The fraction of sp³-hybridized carbons (Fsp3) is 0.489. The molecule has 10 rings (SSSR count). The maximum absolute atomic E-state index is 12.0. The zero-order chi connectivity index (χ0) is 42.9. The van der Waals surface area contributed by atoms with Gasteiger partial charge in [0.05, 0.1) is 51.9 Å². The van der Waals surface area contributed by atoms with Gasteiger partial charge in [0, 0.05) is 48.7 Å². The maximum Gasteiger partial charge on any atom is 0.232 e. The third kappa shape index (κ3) is 9.52. The Balaban J connectivity index is 0.937. The second-order valence-electron chi connectivity index (χ2n) is 17.8. The number of fused-ring (bicyclic) bond motifs is 2. The maximum atomic E-state index is 12.0. The number of ether oxygens (including phenoxy) is 2. The predicted molar refractivity (Wildman–Crippen MR) is 255 cm³/mol. The first-order valence-electron chi connectivity index (χ1n) is 22.6. The fourth-order valence-corrected chi connectivity index (χ4v) is 11.2. The summed E-state index contributed by atoms with van der Waals surface area (Å²) in [6.45, 7) is 3.56. The molecule has 4 aliphatic rings. The number of hydrogen-bond acceptors (Lipinski definition) is 16. The molecule has 0 spiro atoms. The molecular weight excluding hydrogens is 833 g/mol. The number of anilines is 7. The molecule has 332 valence electrons. The van der Waals surface area contributed by atoms with Crippen molar-refractivity contribution in [2.75, 3.05) is 66.1 Å². The van der Waals surface area contributed by atoms with Crippen LogP contribution in [0.5, 0.6) is 5.75 Å². The summed E-state index contributed by atoms with van der Waals surface area (Å²) >= 11 is 3.26. The van der Waals surface area contributed by atoms with Crippen molar-refractivity contribution < 1.29 is 19.7 Å². The summed E-state index contributed by atoms with van der Waals surface area (Å²) < 4.78 is 13.6. The highest BCUT2D eigenvalue weighted by atomic mass is 32.1. The molecule has 0 amide bonds. The number of rotatable bonds is 13. The summed E-state index contributed by atoms with van der Waals surface area (Å²) in [5, 5.41) is 37.4. The summed E-state index contributed by atoms with van der Waals surface area (Å²) in [5.74, 6) is 3.45. The van der Waals surface area contributed by atoms with Crippen molar-refractivity contribution in [3.8, 4) is 5.75 Å². The van der Waals surface area contributed by atoms with E-state index in [0.29, 0.717) is 37.4 Å². The van der Waals surface area contributed by atoms with E-state index in [2.05, 4.69) is 85.8 Å². The van der Waals surface area contributed by atoms with Crippen LogP contribution in [-0.4, -0.2) is 118 Å². The first kappa shape index (κ1) is 42.1. The lowest BCUT2D eigenvalue weighted by Gasteiger charge is -2.41. The van der Waals surface area contributed by atoms with Crippen molar-refractivity contribution in [2.24, 2.45) is 0 Å². The Kier molecular flexibility index (Phi) is 12.5. The minimum absolute atomic E-state index is 0.00377. The lowest BCUT2D eigenvalue weighted by Crippen LogP contribution is -2.49. The molecule has 4 aromatic heterocycles. The number of benzene rings is 2. The molecule has 16 heteroatoms. The van der Waals surface area contributed by atoms with Crippen LogP contribution >= 0.6 is 22.7 Å². The van der Waals surface area contributed by atoms with E-state index in [-0.39, 0.29) is 30.3 Å². The average molecular weight is 891 g/mol. The van der Waals surface area contributed by atoms with E-state index in [0.717, 1.165) is 120 Å². The second-order valence-corrected chi connectivity index (χ2v) is 19.6. The molecule has 2 saturated carbocycles. The third-order valence-corrected chi connectivity index (χ3v) is 15.2. The van der Waals surface area contributed by atoms with Crippen LogP contribution in [0, 0.1) is 0 Å². The molecule has 5 N–H and O–H groups in total. The predicted octanol–water partition coefficient (Wildman–Crippen LogP) is 8.39. The van der Waals surface area contributed by atoms with Crippen LogP contribution in [0.1, 0.15) is 64.2 Å². The van der Waals surface area contributed by atoms with Gasteiger partial charge < -0.3 is 50.3 Å². The average Bonchev–Trinajstić information content (AvgIpc) is 4.11. The van der Waals surface area contributed by atoms with Gasteiger partial charge in [-0.15, -0.1) is 22.7 Å². The summed E-state index contributed by atoms with van der Waals surface area (Å²) in [6.07, 6.45) is 7.69. The van der Waals surface area contributed by atoms with E-state index < -0.39 is 6.10 Å². The van der Waals surface area contributed by atoms with Crippen LogP contribution in [0.4, 0.5) is 40.6 Å². The molecular formula is C47H58N10O4S2. The van der Waals surface area contributed by atoms with Crippen LogP contribution in [0.2, 0.25) is 0 Å². The van der Waals surface area contributed by atoms with Gasteiger partial charge >= 0.3 is 0 Å². The van der Waals surface area contributed by atoms with Crippen LogP contribution < -0.4 is 30.5 Å². The molecule has 6 heterocycles. The first-order valence-corrected chi connectivity index (χ1v) is 24.4. The molecule has 2 aliphatic carbocycles. The molecule has 2 aliphatic heterocycles. The van der Waals surface area contributed by atoms with Gasteiger partial charge in [0.25, 0.3) is 0 Å². The third-order valence-electron chi connectivity index (χ3n) is 13.4. The number of nitrogens with one attached hydrogen (secondary N) is 3. The highest BCUT2D eigenvalue weighted by Gasteiger charge is 2.37. The SMILES string of the molecule is CN1CCC(N(C)c2ccc(N(c3nc(NC4CCC(O)CC4)c4sccc4n3)C3C[C@H](Nc4nc(Nc5ccc(OC6CCOC6)cc5)nc5ccsc45)CC[C@H]3O)cc2)CC1. The van der Waals surface area contributed by atoms with E-state index in [1.165, 1.54) is 5.69 Å². The van der Waals surface area contributed by atoms with E-state index in [1.807, 2.05) is 30.3 Å². The largest absolute Gasteiger partial charge is 0.488 e. The number of aromatic nitrogens is 4. The van der Waals surface area contributed by atoms with Crippen LogP contribution in [0.3, 0.4) is 0 Å². The molecule has 2 aromatic carbocycles. The number of piperidine rings is 1. The van der Waals surface area contributed by atoms with Gasteiger partial charge in [-0.3, -0.25) is 0 Å². The van der Waals surface area contributed by atoms with Crippen molar-refractivity contribution in [3.63, 3.8) is 0 Å². The molecule has 4 fully saturated rings. The summed E-state index contributed by atoms with van der Waals surface area (Å²) in [5.41, 5.74) is 4.71. The van der Waals surface area contributed by atoms with Crippen LogP contribution in [0.25, 0.3) is 20.4 Å². The fourth-order valence-electron chi connectivity index (χ4n) is 9.66. The molecule has 2 saturated heterocycles. The van der Waals surface area contributed by atoms with E-state index in [9.17, 15) is 10.2 Å². The molecule has 0 bridgehead atoms. The molecule has 6 aromatic rings. The summed E-state index contributed by atoms with van der Waals surface area (Å²) in [6, 6.07) is 21.1. The van der Waals surface area contributed by atoms with Crippen LogP contribution in [0.15, 0.2) is 71.4 Å². The van der Waals surface area contributed by atoms with E-state index in [1.54, 1.807) is 22.7 Å². The van der Waals surface area contributed by atoms with Gasteiger partial charge in [0.2, 0.25) is 11.9 Å². The minimum Gasteiger partial charge on any atom is -0.488 e. The smallest absolute Gasteiger partial charge is 0.232 e. The summed E-state index contributed by atoms with van der Waals surface area (Å²) in [4.78, 5) is 27.4. The number of aliphatic hydroxyl groups excluding tert-OH is 2. The van der Waals surface area contributed by atoms with Crippen molar-refractivity contribution in [1.82, 2.24) is 24.8 Å². The Labute approximate surface area is 376 Å². The Bertz CT molecular complexity index is 2450. The molecule has 4 atom stereocenters. The number of hydrogen-bond donors (Lipinski definition) is 5. The van der Waals surface area contributed by atoms with Crippen molar-refractivity contribution in [1.29, 1.82) is 0 Å². The van der Waals surface area contributed by atoms with E-state index in [4.69, 9.17) is 29.4 Å². The summed E-state index contributed by atoms with van der Waals surface area (Å²) in [7, 11) is 4.41. The Hall–Kier alpha value is -4.84. The monoisotopic (exact) mass is 890 g/mol. The molecule has 14 nitrogen and oxygen atoms in total. The van der Waals surface area contributed by atoms with Gasteiger partial charge in [-0.05, 0) is 149 Å². The molecule has 0 radical (unpaired) electrons. The Morgan fingerprint density at radius 1 is 0.730 bits per heavy atom. The van der Waals surface area contributed by atoms with Crippen molar-refractivity contribution >= 4 is 83.7 Å². The number of thiophene rings is 2. The number of aliphatic hydroxyl groups is 2. The minimum atomic E-state index is -0.625. The van der Waals surface area contributed by atoms with Gasteiger partial charge in [-0.1, -0.05) is 0 Å². The zero-order valence-electron chi connectivity index (χ0n) is 36.0. The highest BCUT2D eigenvalue weighted by Crippen LogP contribution is 2.39. The normalized spacial score (nSPS) is 24.7. The van der Waals surface area contributed by atoms with Gasteiger partial charge in [0.15, 0.2) is 0 Å². The van der Waals surface area contributed by atoms with Gasteiger partial charge in [-0.2, -0.15) is 9.97 Å². The lowest BCUT2D eigenvalue weighted by molar-refractivity contribution is 0.103. The zero-order valence-corrected chi connectivity index (χ0v) is 37.7. The molecule has 63 heavy (non-hydrogen) atoms. The number of likely N-dealkylation sites (tertiary alicyclic amines) is 1. The Morgan fingerprint density at radius 3 is 2.11 bits per heavy atom. The van der Waals surface area contributed by atoms with Crippen LogP contribution in [-0.2, 0) is 4.74 Å². The quantitative estimate of drug-likeness (QED) is 0.0754. The lowest BCUT2D eigenvalue weighted by atomic mass is 9.87. The highest BCUT2D eigenvalue weighted by molar-refractivity contribution is 7.18. The number of nitrogens with zero attached hydrogens (tertiary/aromatic N) is 7. The van der Waals surface area contributed by atoms with Crippen molar-refractivity contribution in [3.05, 3.63) is 71.4 Å². The van der Waals surface area contributed by atoms with Gasteiger partial charge in [0.1, 0.15) is 23.5 Å². The second kappa shape index (κ2) is 18.7. The van der Waals surface area contributed by atoms with Gasteiger partial charge in [-0.25, -0.2) is 9.97 Å². The van der Waals surface area contributed by atoms with Crippen molar-refractivity contribution in [2.45, 2.75) is 107 Å². The van der Waals surface area contributed by atoms with E-state index >= 15 is 0 Å². The standard InChI is InChI=1S/C47H58N10O4S2/c1-55-22-17-33(18-23-55)56(2)32-8-10-34(11-9-32)57(47-52-39-21-26-63-43(39)45(54-47)48-29-3-12-35(58)13-4-29)40-27-31(7-16-41(40)59)49-44-42-38(20-25-62-42)51-46(53-44)50-30-5-14-36(15-6-30)61-37-19-24-60-28-37/h5-6,8-11,14-15,20-21,25-26,29,31,33,35,37,40-41,58-59H,3-4,7,12-13,16-19,22-24,27-28H2,1-2H3,(H,48,52,54)(H2,49,50,51,53)/t29?,31-,35?,37?,40?,41-/m1/s1. The Morgan fingerprint density at radius 2 is 1.40 bits per heavy atom. The topological polar surface area (TPSA) is 156 Å². The first-order chi connectivity index (χ1) is 30.8. The molecule has 2 unspecified atom stereocenters.